The summed E-state index contributed by atoms with van der Waals surface area (Å²) in [5.74, 6) is 0.313. The number of hydrogen-bond donors (Lipinski definition) is 2. The highest BCUT2D eigenvalue weighted by Gasteiger charge is 2.29. The molecule has 3 N–H and O–H groups in total. The fourth-order valence-electron chi connectivity index (χ4n) is 3.94. The van der Waals surface area contributed by atoms with Crippen molar-refractivity contribution >= 4 is 18.3 Å². The third-order valence-electron chi connectivity index (χ3n) is 5.43. The largest absolute Gasteiger partial charge is 0.354 e. The third-order valence-corrected chi connectivity index (χ3v) is 5.43. The van der Waals surface area contributed by atoms with Crippen LogP contribution in [0, 0.1) is 5.92 Å². The zero-order valence-corrected chi connectivity index (χ0v) is 14.7. The maximum atomic E-state index is 12.5. The smallest absolute Gasteiger partial charge is 0.223 e. The van der Waals surface area contributed by atoms with Gasteiger partial charge in [-0.05, 0) is 43.2 Å². The predicted molar refractivity (Wildman–Crippen MR) is 96.8 cm³/mol. The Labute approximate surface area is 145 Å². The number of halogens is 1. The molecule has 2 aliphatic rings. The fourth-order valence-corrected chi connectivity index (χ4v) is 3.94. The molecule has 1 saturated carbocycles. The highest BCUT2D eigenvalue weighted by atomic mass is 35.5. The number of benzene rings is 1. The van der Waals surface area contributed by atoms with Crippen LogP contribution in [0.5, 0.6) is 0 Å². The third kappa shape index (κ3) is 4.71. The molecule has 4 heteroatoms. The number of amides is 1. The van der Waals surface area contributed by atoms with Gasteiger partial charge in [-0.3, -0.25) is 4.79 Å². The van der Waals surface area contributed by atoms with E-state index in [1.54, 1.807) is 0 Å². The van der Waals surface area contributed by atoms with Crippen molar-refractivity contribution in [2.45, 2.75) is 63.3 Å². The summed E-state index contributed by atoms with van der Waals surface area (Å²) in [6, 6.07) is 8.50. The second-order valence-corrected chi connectivity index (χ2v) is 7.20. The highest BCUT2D eigenvalue weighted by Crippen LogP contribution is 2.27. The highest BCUT2D eigenvalue weighted by molar-refractivity contribution is 5.85. The number of nitrogens with two attached hydrogens (primary N) is 1. The first-order valence-corrected chi connectivity index (χ1v) is 8.80. The van der Waals surface area contributed by atoms with Crippen molar-refractivity contribution < 1.29 is 4.79 Å². The van der Waals surface area contributed by atoms with Gasteiger partial charge in [0.1, 0.15) is 0 Å². The number of aryl methyl sites for hydroxylation is 1. The van der Waals surface area contributed by atoms with E-state index < -0.39 is 0 Å². The van der Waals surface area contributed by atoms with Crippen molar-refractivity contribution in [2.24, 2.45) is 11.7 Å². The normalized spacial score (nSPS) is 23.1. The van der Waals surface area contributed by atoms with E-state index in [9.17, 15) is 4.79 Å². The van der Waals surface area contributed by atoms with E-state index in [-0.39, 0.29) is 29.8 Å². The van der Waals surface area contributed by atoms with E-state index in [2.05, 4.69) is 29.6 Å². The average Bonchev–Trinajstić information content (AvgIpc) is 2.77. The Morgan fingerprint density at radius 1 is 1.13 bits per heavy atom. The molecule has 1 aromatic carbocycles. The first kappa shape index (κ1) is 18.3. The lowest BCUT2D eigenvalue weighted by molar-refractivity contribution is -0.125. The van der Waals surface area contributed by atoms with Crippen molar-refractivity contribution in [2.75, 3.05) is 6.54 Å². The molecule has 0 aliphatic heterocycles. The molecule has 1 aromatic rings. The molecule has 0 unspecified atom stereocenters. The summed E-state index contributed by atoms with van der Waals surface area (Å²) in [6.07, 6.45) is 9.90. The molecule has 0 heterocycles. The molecule has 0 spiro atoms. The second kappa shape index (κ2) is 8.16. The van der Waals surface area contributed by atoms with Gasteiger partial charge in [-0.1, -0.05) is 49.9 Å². The van der Waals surface area contributed by atoms with Crippen molar-refractivity contribution in [1.82, 2.24) is 5.32 Å². The van der Waals surface area contributed by atoms with E-state index in [1.165, 1.54) is 36.8 Å². The van der Waals surface area contributed by atoms with Crippen LogP contribution in [0.15, 0.2) is 24.3 Å². The number of fused-ring (bicyclic) bond motifs is 1. The Balaban J connectivity index is 0.00000192. The Bertz CT molecular complexity index is 524. The van der Waals surface area contributed by atoms with Crippen LogP contribution in [-0.4, -0.2) is 18.0 Å². The van der Waals surface area contributed by atoms with Crippen LogP contribution in [0.1, 0.15) is 56.1 Å². The first-order chi connectivity index (χ1) is 10.7. The van der Waals surface area contributed by atoms with Crippen molar-refractivity contribution in [3.63, 3.8) is 0 Å². The molecular formula is C19H29ClN2O. The van der Waals surface area contributed by atoms with Crippen LogP contribution in [-0.2, 0) is 17.6 Å². The standard InChI is InChI=1S/C19H28N2O.ClH/c20-19(11-5-1-2-6-12-19)14-21-18(22)17-10-9-15-7-3-4-8-16(15)13-17;/h3-4,7-8,17H,1-2,5-6,9-14,20H2,(H,21,22);1H/t17-;/m0./s1. The van der Waals surface area contributed by atoms with E-state index in [0.717, 1.165) is 32.1 Å². The fraction of sp³-hybridized carbons (Fsp3) is 0.632. The number of carbonyl (C=O) groups excluding carboxylic acids is 1. The molecule has 2 aliphatic carbocycles. The van der Waals surface area contributed by atoms with Gasteiger partial charge in [0.25, 0.3) is 0 Å². The Kier molecular flexibility index (Phi) is 6.49. The zero-order valence-electron chi connectivity index (χ0n) is 13.9. The van der Waals surface area contributed by atoms with Crippen molar-refractivity contribution in [3.8, 4) is 0 Å². The van der Waals surface area contributed by atoms with Crippen LogP contribution >= 0.6 is 12.4 Å². The molecule has 1 amide bonds. The van der Waals surface area contributed by atoms with Gasteiger partial charge in [0.05, 0.1) is 0 Å². The minimum Gasteiger partial charge on any atom is -0.354 e. The molecule has 23 heavy (non-hydrogen) atoms. The topological polar surface area (TPSA) is 55.1 Å². The summed E-state index contributed by atoms with van der Waals surface area (Å²) >= 11 is 0. The lowest BCUT2D eigenvalue weighted by Crippen LogP contribution is -2.51. The summed E-state index contributed by atoms with van der Waals surface area (Å²) < 4.78 is 0. The Morgan fingerprint density at radius 3 is 2.48 bits per heavy atom. The predicted octanol–water partition coefficient (Wildman–Crippen LogP) is 3.38. The van der Waals surface area contributed by atoms with E-state index >= 15 is 0 Å². The molecular weight excluding hydrogens is 308 g/mol. The maximum absolute atomic E-state index is 12.5. The monoisotopic (exact) mass is 336 g/mol. The van der Waals surface area contributed by atoms with Gasteiger partial charge in [0.2, 0.25) is 5.91 Å². The SMILES string of the molecule is Cl.NC1(CNC(=O)[C@H]2CCc3ccccc3C2)CCCCCC1. The van der Waals surface area contributed by atoms with Crippen LogP contribution in [0.3, 0.4) is 0 Å². The lowest BCUT2D eigenvalue weighted by Gasteiger charge is -2.30. The molecule has 0 bridgehead atoms. The average molecular weight is 337 g/mol. The molecule has 128 valence electrons. The Morgan fingerprint density at radius 2 is 1.78 bits per heavy atom. The minimum absolute atomic E-state index is 0. The number of hydrogen-bond acceptors (Lipinski definition) is 2. The lowest BCUT2D eigenvalue weighted by atomic mass is 9.83. The van der Waals surface area contributed by atoms with E-state index in [0.29, 0.717) is 6.54 Å². The zero-order chi connectivity index (χ0) is 15.4. The summed E-state index contributed by atoms with van der Waals surface area (Å²) in [7, 11) is 0. The number of carbonyl (C=O) groups is 1. The van der Waals surface area contributed by atoms with Gasteiger partial charge in [-0.25, -0.2) is 0 Å². The van der Waals surface area contributed by atoms with Gasteiger partial charge in [-0.2, -0.15) is 0 Å². The summed E-state index contributed by atoms with van der Waals surface area (Å²) in [4.78, 5) is 12.5. The molecule has 3 nitrogen and oxygen atoms in total. The van der Waals surface area contributed by atoms with Crippen LogP contribution < -0.4 is 11.1 Å². The molecule has 1 fully saturated rings. The summed E-state index contributed by atoms with van der Waals surface area (Å²) in [5.41, 5.74) is 9.06. The van der Waals surface area contributed by atoms with Crippen LogP contribution in [0.25, 0.3) is 0 Å². The van der Waals surface area contributed by atoms with E-state index in [1.807, 2.05) is 0 Å². The van der Waals surface area contributed by atoms with Crippen molar-refractivity contribution in [3.05, 3.63) is 35.4 Å². The Hall–Kier alpha value is -1.06. The van der Waals surface area contributed by atoms with Crippen LogP contribution in [0.2, 0.25) is 0 Å². The number of rotatable bonds is 3. The quantitative estimate of drug-likeness (QED) is 0.831. The second-order valence-electron chi connectivity index (χ2n) is 7.20. The molecule has 3 rings (SSSR count). The molecule has 1 atom stereocenters. The van der Waals surface area contributed by atoms with E-state index in [4.69, 9.17) is 5.73 Å². The molecule has 0 aromatic heterocycles. The molecule has 0 radical (unpaired) electrons. The maximum Gasteiger partial charge on any atom is 0.223 e. The van der Waals surface area contributed by atoms with Gasteiger partial charge < -0.3 is 11.1 Å². The first-order valence-electron chi connectivity index (χ1n) is 8.80. The van der Waals surface area contributed by atoms with Gasteiger partial charge in [-0.15, -0.1) is 12.4 Å². The summed E-state index contributed by atoms with van der Waals surface area (Å²) in [5, 5.41) is 3.16. The molecule has 0 saturated heterocycles. The van der Waals surface area contributed by atoms with Gasteiger partial charge in [0.15, 0.2) is 0 Å². The van der Waals surface area contributed by atoms with Gasteiger partial charge in [0, 0.05) is 18.0 Å². The number of nitrogens with one attached hydrogen (secondary N) is 1. The van der Waals surface area contributed by atoms with Gasteiger partial charge >= 0.3 is 0 Å². The van der Waals surface area contributed by atoms with Crippen LogP contribution in [0.4, 0.5) is 0 Å². The minimum atomic E-state index is -0.182. The van der Waals surface area contributed by atoms with Crippen molar-refractivity contribution in [1.29, 1.82) is 0 Å². The summed E-state index contributed by atoms with van der Waals surface area (Å²) in [6.45, 7) is 0.643.